The average Bonchev–Trinajstić information content (AvgIpc) is 2.37. The van der Waals surface area contributed by atoms with Gasteiger partial charge >= 0.3 is 5.69 Å². The third-order valence-electron chi connectivity index (χ3n) is 2.45. The molecule has 98 valence electrons. The average molecular weight is 373 g/mol. The third-order valence-corrected chi connectivity index (χ3v) is 3.12. The van der Waals surface area contributed by atoms with Gasteiger partial charge in [-0.1, -0.05) is 18.2 Å². The Kier molecular flexibility index (Phi) is 4.31. The van der Waals surface area contributed by atoms with Gasteiger partial charge in [-0.2, -0.15) is 4.39 Å². The minimum Gasteiger partial charge on any atom is -0.489 e. The van der Waals surface area contributed by atoms with Gasteiger partial charge in [0, 0.05) is 15.2 Å². The van der Waals surface area contributed by atoms with Crippen molar-refractivity contribution in [3.63, 3.8) is 0 Å². The van der Waals surface area contributed by atoms with Crippen LogP contribution in [0.3, 0.4) is 0 Å². The predicted molar refractivity (Wildman–Crippen MR) is 76.5 cm³/mol. The number of nitrogens with zero attached hydrogens (tertiary/aromatic N) is 1. The molecule has 2 aromatic rings. The number of hydrogen-bond acceptors (Lipinski definition) is 3. The Balaban J connectivity index is 2.16. The first kappa shape index (κ1) is 13.7. The summed E-state index contributed by atoms with van der Waals surface area (Å²) in [6.45, 7) is -0.0480. The van der Waals surface area contributed by atoms with Crippen molar-refractivity contribution in [3.05, 3.63) is 67.5 Å². The largest absolute Gasteiger partial charge is 0.489 e. The molecule has 0 saturated heterocycles. The highest BCUT2D eigenvalue weighted by atomic mass is 127. The highest BCUT2D eigenvalue weighted by Gasteiger charge is 2.17. The van der Waals surface area contributed by atoms with Crippen LogP contribution in [0.25, 0.3) is 0 Å². The Labute approximate surface area is 122 Å². The van der Waals surface area contributed by atoms with Crippen LogP contribution in [0.4, 0.5) is 10.1 Å². The van der Waals surface area contributed by atoms with E-state index in [1.165, 1.54) is 12.1 Å². The molecule has 19 heavy (non-hydrogen) atoms. The minimum atomic E-state index is -0.849. The Hall–Kier alpha value is -1.70. The molecule has 0 bridgehead atoms. The molecule has 0 saturated carbocycles. The minimum absolute atomic E-state index is 0.0480. The van der Waals surface area contributed by atoms with Crippen LogP contribution in [0, 0.1) is 19.5 Å². The van der Waals surface area contributed by atoms with E-state index in [0.29, 0.717) is 5.75 Å². The summed E-state index contributed by atoms with van der Waals surface area (Å²) in [6, 6.07) is 11.3. The number of hydrogen-bond donors (Lipinski definition) is 0. The smallest absolute Gasteiger partial charge is 0.305 e. The lowest BCUT2D eigenvalue weighted by atomic mass is 10.2. The first-order chi connectivity index (χ1) is 9.08. The second-order valence-corrected chi connectivity index (χ2v) is 5.00. The molecule has 0 fully saturated rings. The summed E-state index contributed by atoms with van der Waals surface area (Å²) in [6.07, 6.45) is 0. The molecule has 2 aromatic carbocycles. The Bertz CT molecular complexity index is 619. The summed E-state index contributed by atoms with van der Waals surface area (Å²) < 4.78 is 20.2. The maximum atomic E-state index is 13.8. The molecule has 0 spiro atoms. The summed E-state index contributed by atoms with van der Waals surface area (Å²) >= 11 is 2.14. The van der Waals surface area contributed by atoms with Crippen molar-refractivity contribution in [1.29, 1.82) is 0 Å². The van der Waals surface area contributed by atoms with Gasteiger partial charge in [-0.15, -0.1) is 0 Å². The molecule has 0 aliphatic heterocycles. The van der Waals surface area contributed by atoms with E-state index < -0.39 is 16.4 Å². The molecule has 0 aromatic heterocycles. The first-order valence-electron chi connectivity index (χ1n) is 5.38. The molecule has 0 radical (unpaired) electrons. The van der Waals surface area contributed by atoms with Gasteiger partial charge in [0.2, 0.25) is 5.82 Å². The molecule has 2 rings (SSSR count). The molecule has 0 aliphatic carbocycles. The van der Waals surface area contributed by atoms with Gasteiger partial charge in [0.1, 0.15) is 12.4 Å². The summed E-state index contributed by atoms with van der Waals surface area (Å²) in [5.41, 5.74) is -0.378. The monoisotopic (exact) mass is 373 g/mol. The van der Waals surface area contributed by atoms with E-state index in [2.05, 4.69) is 22.6 Å². The molecule has 0 amide bonds. The molecule has 0 aliphatic rings. The lowest BCUT2D eigenvalue weighted by Gasteiger charge is -2.07. The van der Waals surface area contributed by atoms with Gasteiger partial charge in [0.05, 0.1) is 4.92 Å². The molecular weight excluding hydrogens is 364 g/mol. The van der Waals surface area contributed by atoms with Crippen molar-refractivity contribution in [2.45, 2.75) is 6.61 Å². The van der Waals surface area contributed by atoms with E-state index in [0.717, 1.165) is 9.64 Å². The van der Waals surface area contributed by atoms with Crippen LogP contribution >= 0.6 is 22.6 Å². The molecule has 6 heteroatoms. The number of nitro groups is 1. The van der Waals surface area contributed by atoms with Crippen LogP contribution < -0.4 is 4.74 Å². The number of nitro benzene ring substituents is 1. The number of benzene rings is 2. The van der Waals surface area contributed by atoms with Gasteiger partial charge in [-0.3, -0.25) is 10.1 Å². The number of rotatable bonds is 4. The van der Waals surface area contributed by atoms with Crippen LogP contribution in [-0.4, -0.2) is 4.92 Å². The highest BCUT2D eigenvalue weighted by molar-refractivity contribution is 14.1. The summed E-state index contributed by atoms with van der Waals surface area (Å²) in [7, 11) is 0. The lowest BCUT2D eigenvalue weighted by Crippen LogP contribution is -2.01. The van der Waals surface area contributed by atoms with Crippen LogP contribution in [0.5, 0.6) is 5.75 Å². The van der Waals surface area contributed by atoms with Crippen LogP contribution in [0.2, 0.25) is 0 Å². The van der Waals surface area contributed by atoms with E-state index in [-0.39, 0.29) is 12.2 Å². The molecule has 0 heterocycles. The molecule has 4 nitrogen and oxygen atoms in total. The topological polar surface area (TPSA) is 52.4 Å². The Morgan fingerprint density at radius 1 is 1.26 bits per heavy atom. The number of ether oxygens (including phenoxy) is 1. The quantitative estimate of drug-likeness (QED) is 0.464. The Morgan fingerprint density at radius 3 is 2.68 bits per heavy atom. The van der Waals surface area contributed by atoms with Crippen molar-refractivity contribution in [2.24, 2.45) is 0 Å². The van der Waals surface area contributed by atoms with E-state index in [9.17, 15) is 14.5 Å². The lowest BCUT2D eigenvalue weighted by molar-refractivity contribution is -0.387. The molecule has 0 N–H and O–H groups in total. The predicted octanol–water partition coefficient (Wildman–Crippen LogP) is 3.92. The van der Waals surface area contributed by atoms with E-state index in [4.69, 9.17) is 4.74 Å². The van der Waals surface area contributed by atoms with Gasteiger partial charge < -0.3 is 4.74 Å². The summed E-state index contributed by atoms with van der Waals surface area (Å²) in [5.74, 6) is -0.254. The van der Waals surface area contributed by atoms with Crippen LogP contribution in [0.15, 0.2) is 42.5 Å². The van der Waals surface area contributed by atoms with Crippen LogP contribution in [-0.2, 0) is 6.61 Å². The second-order valence-electron chi connectivity index (χ2n) is 3.75. The van der Waals surface area contributed by atoms with Crippen molar-refractivity contribution in [3.8, 4) is 5.75 Å². The van der Waals surface area contributed by atoms with Crippen molar-refractivity contribution < 1.29 is 14.1 Å². The van der Waals surface area contributed by atoms with Gasteiger partial charge in [0.15, 0.2) is 0 Å². The fourth-order valence-electron chi connectivity index (χ4n) is 1.54. The maximum Gasteiger partial charge on any atom is 0.305 e. The zero-order chi connectivity index (χ0) is 13.8. The van der Waals surface area contributed by atoms with Crippen molar-refractivity contribution in [2.75, 3.05) is 0 Å². The zero-order valence-corrected chi connectivity index (χ0v) is 11.8. The Morgan fingerprint density at radius 2 is 2.00 bits per heavy atom. The summed E-state index contributed by atoms with van der Waals surface area (Å²) in [5, 5.41) is 10.6. The first-order valence-corrected chi connectivity index (χ1v) is 6.46. The maximum absolute atomic E-state index is 13.8. The molecular formula is C13H9FINO3. The highest BCUT2D eigenvalue weighted by Crippen LogP contribution is 2.22. The SMILES string of the molecule is O=[N+]([O-])c1cccc(COc2cccc(I)c2)c1F. The normalized spacial score (nSPS) is 10.2. The van der Waals surface area contributed by atoms with E-state index in [1.54, 1.807) is 12.1 Å². The van der Waals surface area contributed by atoms with Crippen molar-refractivity contribution in [1.82, 2.24) is 0 Å². The number of halogens is 2. The van der Waals surface area contributed by atoms with E-state index in [1.807, 2.05) is 12.1 Å². The fourth-order valence-corrected chi connectivity index (χ4v) is 2.05. The van der Waals surface area contributed by atoms with E-state index >= 15 is 0 Å². The van der Waals surface area contributed by atoms with Crippen molar-refractivity contribution >= 4 is 28.3 Å². The molecule has 0 unspecified atom stereocenters. The fraction of sp³-hybridized carbons (Fsp3) is 0.0769. The van der Waals surface area contributed by atoms with Crippen LogP contribution in [0.1, 0.15) is 5.56 Å². The third kappa shape index (κ3) is 3.40. The summed E-state index contributed by atoms with van der Waals surface area (Å²) in [4.78, 5) is 9.87. The second kappa shape index (κ2) is 5.96. The molecule has 0 atom stereocenters. The standard InChI is InChI=1S/C13H9FINO3/c14-13-9(3-1-6-12(13)16(17)18)8-19-11-5-2-4-10(15)7-11/h1-7H,8H2. The van der Waals surface area contributed by atoms with Gasteiger partial charge in [-0.25, -0.2) is 0 Å². The van der Waals surface area contributed by atoms with Gasteiger partial charge in [-0.05, 0) is 40.8 Å². The zero-order valence-electron chi connectivity index (χ0n) is 9.68. The van der Waals surface area contributed by atoms with Gasteiger partial charge in [0.25, 0.3) is 0 Å².